The Morgan fingerprint density at radius 2 is 1.03 bits per heavy atom. The molecule has 0 amide bonds. The van der Waals surface area contributed by atoms with Gasteiger partial charge in [-0.25, -0.2) is 4.68 Å². The Balaban J connectivity index is 1.91. The lowest BCUT2D eigenvalue weighted by atomic mass is 9.96. The summed E-state index contributed by atoms with van der Waals surface area (Å²) in [7, 11) is 0. The predicted molar refractivity (Wildman–Crippen MR) is 122 cm³/mol. The van der Waals surface area contributed by atoms with Crippen LogP contribution in [-0.2, 0) is 0 Å². The molecule has 0 aliphatic heterocycles. The van der Waals surface area contributed by atoms with E-state index in [2.05, 4.69) is 36.4 Å². The fourth-order valence-corrected chi connectivity index (χ4v) is 3.77. The van der Waals surface area contributed by atoms with Gasteiger partial charge in [-0.15, -0.1) is 0 Å². The summed E-state index contributed by atoms with van der Waals surface area (Å²) in [6.45, 7) is 0. The summed E-state index contributed by atoms with van der Waals surface area (Å²) in [4.78, 5) is 0. The summed E-state index contributed by atoms with van der Waals surface area (Å²) in [6, 6.07) is 38.0. The van der Waals surface area contributed by atoms with Crippen LogP contribution >= 0.6 is 0 Å². The molecule has 0 bridgehead atoms. The lowest BCUT2D eigenvalue weighted by Crippen LogP contribution is -2.00. The second-order valence-corrected chi connectivity index (χ2v) is 7.07. The van der Waals surface area contributed by atoms with Gasteiger partial charge in [-0.1, -0.05) is 103 Å². The van der Waals surface area contributed by atoms with Gasteiger partial charge in [0.1, 0.15) is 17.1 Å². The summed E-state index contributed by atoms with van der Waals surface area (Å²) >= 11 is 0. The van der Waals surface area contributed by atoms with Gasteiger partial charge in [-0.05, 0) is 17.7 Å². The van der Waals surface area contributed by atoms with Crippen LogP contribution in [-0.4, -0.2) is 14.9 Å². The highest BCUT2D eigenvalue weighted by molar-refractivity contribution is 5.92. The third-order valence-corrected chi connectivity index (χ3v) is 5.15. The summed E-state index contributed by atoms with van der Waals surface area (Å²) in [5.74, 6) is 0.191. The van der Waals surface area contributed by atoms with Crippen molar-refractivity contribution in [1.82, 2.24) is 9.78 Å². The van der Waals surface area contributed by atoms with Crippen LogP contribution in [0.4, 0.5) is 0 Å². The van der Waals surface area contributed by atoms with Crippen molar-refractivity contribution in [2.75, 3.05) is 0 Å². The van der Waals surface area contributed by atoms with Gasteiger partial charge >= 0.3 is 0 Å². The van der Waals surface area contributed by atoms with Gasteiger partial charge in [0, 0.05) is 16.7 Å². The van der Waals surface area contributed by atoms with Crippen molar-refractivity contribution >= 4 is 0 Å². The Hall–Kier alpha value is -4.11. The number of aromatic nitrogens is 2. The lowest BCUT2D eigenvalue weighted by Gasteiger charge is -2.11. The van der Waals surface area contributed by atoms with E-state index in [-0.39, 0.29) is 5.75 Å². The van der Waals surface area contributed by atoms with Gasteiger partial charge in [-0.3, -0.25) is 0 Å². The van der Waals surface area contributed by atoms with Crippen LogP contribution in [0.25, 0.3) is 39.3 Å². The zero-order chi connectivity index (χ0) is 20.3. The quantitative estimate of drug-likeness (QED) is 0.378. The molecule has 0 saturated heterocycles. The molecule has 1 N–H and O–H groups in total. The van der Waals surface area contributed by atoms with Gasteiger partial charge in [0.05, 0.1) is 5.69 Å². The standard InChI is InChI=1S/C27H20N2O/c30-24-19-11-10-18-23(24)29-27(22-16-8-3-9-17-22)25(20-12-4-1-5-13-20)26(28-29)21-14-6-2-7-15-21/h1-19,30H. The SMILES string of the molecule is Oc1ccccc1-n1nc(-c2ccccc2)c(-c2ccccc2)c1-c1ccccc1. The maximum atomic E-state index is 10.6. The first-order chi connectivity index (χ1) is 14.8. The number of phenolic OH excluding ortho intramolecular Hbond substituents is 1. The van der Waals surface area contributed by atoms with Crippen LogP contribution < -0.4 is 0 Å². The van der Waals surface area contributed by atoms with Crippen LogP contribution in [0.2, 0.25) is 0 Å². The summed E-state index contributed by atoms with van der Waals surface area (Å²) in [5.41, 5.74) is 6.66. The van der Waals surface area contributed by atoms with Crippen molar-refractivity contribution in [1.29, 1.82) is 0 Å². The molecule has 3 nitrogen and oxygen atoms in total. The molecule has 3 heteroatoms. The number of hydrogen-bond acceptors (Lipinski definition) is 2. The second-order valence-electron chi connectivity index (χ2n) is 7.07. The maximum Gasteiger partial charge on any atom is 0.141 e. The average Bonchev–Trinajstić information content (AvgIpc) is 3.21. The van der Waals surface area contributed by atoms with Crippen molar-refractivity contribution in [3.63, 3.8) is 0 Å². The molecule has 4 aromatic carbocycles. The molecule has 1 heterocycles. The fraction of sp³-hybridized carbons (Fsp3) is 0. The first kappa shape index (κ1) is 18.0. The highest BCUT2D eigenvalue weighted by Gasteiger charge is 2.23. The van der Waals surface area contributed by atoms with Gasteiger partial charge in [0.25, 0.3) is 0 Å². The smallest absolute Gasteiger partial charge is 0.141 e. The van der Waals surface area contributed by atoms with Crippen LogP contribution in [0, 0.1) is 0 Å². The number of aromatic hydroxyl groups is 1. The summed E-state index contributed by atoms with van der Waals surface area (Å²) in [6.07, 6.45) is 0. The molecule has 0 spiro atoms. The van der Waals surface area contributed by atoms with E-state index < -0.39 is 0 Å². The fourth-order valence-electron chi connectivity index (χ4n) is 3.77. The summed E-state index contributed by atoms with van der Waals surface area (Å²) < 4.78 is 1.86. The second kappa shape index (κ2) is 7.72. The molecule has 144 valence electrons. The minimum Gasteiger partial charge on any atom is -0.506 e. The first-order valence-electron chi connectivity index (χ1n) is 9.90. The van der Waals surface area contributed by atoms with Gasteiger partial charge in [0.15, 0.2) is 0 Å². The number of nitrogens with zero attached hydrogens (tertiary/aromatic N) is 2. The molecule has 0 radical (unpaired) electrons. The summed E-state index contributed by atoms with van der Waals surface area (Å²) in [5, 5.41) is 15.6. The number of benzene rings is 4. The van der Waals surface area contributed by atoms with E-state index in [0.717, 1.165) is 33.6 Å². The number of hydrogen-bond donors (Lipinski definition) is 1. The largest absolute Gasteiger partial charge is 0.506 e. The van der Waals surface area contributed by atoms with E-state index in [1.54, 1.807) is 6.07 Å². The number of para-hydroxylation sites is 2. The molecule has 30 heavy (non-hydrogen) atoms. The highest BCUT2D eigenvalue weighted by Crippen LogP contribution is 2.42. The predicted octanol–water partition coefficient (Wildman–Crippen LogP) is 6.58. The van der Waals surface area contributed by atoms with Crippen LogP contribution in [0.3, 0.4) is 0 Å². The van der Waals surface area contributed by atoms with E-state index in [1.165, 1.54) is 0 Å². The Morgan fingerprint density at radius 1 is 0.533 bits per heavy atom. The van der Waals surface area contributed by atoms with Crippen molar-refractivity contribution in [3.05, 3.63) is 115 Å². The Kier molecular flexibility index (Phi) is 4.62. The maximum absolute atomic E-state index is 10.6. The molecule has 0 fully saturated rings. The topological polar surface area (TPSA) is 38.0 Å². The third-order valence-electron chi connectivity index (χ3n) is 5.15. The van der Waals surface area contributed by atoms with Crippen LogP contribution in [0.1, 0.15) is 0 Å². The minimum atomic E-state index is 0.191. The van der Waals surface area contributed by atoms with E-state index in [0.29, 0.717) is 5.69 Å². The minimum absolute atomic E-state index is 0.191. The molecular formula is C27H20N2O. The van der Waals surface area contributed by atoms with Crippen LogP contribution in [0.5, 0.6) is 5.75 Å². The molecule has 1 aromatic heterocycles. The molecule has 0 aliphatic rings. The van der Waals surface area contributed by atoms with Crippen molar-refractivity contribution in [3.8, 4) is 45.1 Å². The lowest BCUT2D eigenvalue weighted by molar-refractivity contribution is 0.470. The van der Waals surface area contributed by atoms with Crippen molar-refractivity contribution in [2.24, 2.45) is 0 Å². The molecule has 0 saturated carbocycles. The first-order valence-corrected chi connectivity index (χ1v) is 9.90. The molecule has 0 unspecified atom stereocenters. The normalized spacial score (nSPS) is 10.8. The van der Waals surface area contributed by atoms with Gasteiger partial charge in [0.2, 0.25) is 0 Å². The molecule has 0 aliphatic carbocycles. The monoisotopic (exact) mass is 388 g/mol. The molecule has 0 atom stereocenters. The Bertz CT molecular complexity index is 1280. The van der Waals surface area contributed by atoms with Crippen molar-refractivity contribution < 1.29 is 5.11 Å². The number of phenols is 1. The third kappa shape index (κ3) is 3.16. The molecule has 5 aromatic rings. The van der Waals surface area contributed by atoms with E-state index in [4.69, 9.17) is 5.10 Å². The Labute approximate surface area is 175 Å². The average molecular weight is 388 g/mol. The molecular weight excluding hydrogens is 368 g/mol. The van der Waals surface area contributed by atoms with E-state index in [1.807, 2.05) is 77.5 Å². The zero-order valence-corrected chi connectivity index (χ0v) is 16.3. The van der Waals surface area contributed by atoms with E-state index in [9.17, 15) is 5.11 Å². The zero-order valence-electron chi connectivity index (χ0n) is 16.3. The van der Waals surface area contributed by atoms with Crippen molar-refractivity contribution in [2.45, 2.75) is 0 Å². The van der Waals surface area contributed by atoms with Gasteiger partial charge in [-0.2, -0.15) is 5.10 Å². The highest BCUT2D eigenvalue weighted by atomic mass is 16.3. The van der Waals surface area contributed by atoms with Gasteiger partial charge < -0.3 is 5.11 Å². The molecule has 5 rings (SSSR count). The van der Waals surface area contributed by atoms with Crippen LogP contribution in [0.15, 0.2) is 115 Å². The number of rotatable bonds is 4. The Morgan fingerprint density at radius 3 is 1.63 bits per heavy atom. The van der Waals surface area contributed by atoms with E-state index >= 15 is 0 Å².